The zero-order chi connectivity index (χ0) is 9.73. The highest BCUT2D eigenvalue weighted by Crippen LogP contribution is 2.34. The van der Waals surface area contributed by atoms with Crippen molar-refractivity contribution >= 4 is 0 Å². The summed E-state index contributed by atoms with van der Waals surface area (Å²) < 4.78 is 0. The molecule has 0 aromatic carbocycles. The highest BCUT2D eigenvalue weighted by atomic mass is 16.3. The lowest BCUT2D eigenvalue weighted by atomic mass is 9.77. The first kappa shape index (κ1) is 11.0. The molecule has 13 heavy (non-hydrogen) atoms. The molecular formula is C11H22O2. The van der Waals surface area contributed by atoms with Gasteiger partial charge in [-0.2, -0.15) is 0 Å². The molecule has 1 fully saturated rings. The quantitative estimate of drug-likeness (QED) is 0.705. The number of hydrogen-bond acceptors (Lipinski definition) is 2. The molecule has 78 valence electrons. The predicted octanol–water partition coefficient (Wildman–Crippen LogP) is 2.09. The van der Waals surface area contributed by atoms with Crippen molar-refractivity contribution < 1.29 is 10.2 Å². The molecule has 0 unspecified atom stereocenters. The van der Waals surface area contributed by atoms with Gasteiger partial charge in [0.2, 0.25) is 0 Å². The second-order valence-corrected chi connectivity index (χ2v) is 4.47. The standard InChI is InChI=1S/C11H22O2/c1-2-3-4-10-5-7-11(13,9-12)8-6-10/h10,12-13H,2-9H2,1H3. The molecule has 0 aromatic rings. The molecule has 0 bridgehead atoms. The Kier molecular flexibility index (Phi) is 4.20. The fraction of sp³-hybridized carbons (Fsp3) is 1.00. The zero-order valence-electron chi connectivity index (χ0n) is 8.63. The van der Waals surface area contributed by atoms with Gasteiger partial charge in [-0.3, -0.25) is 0 Å². The van der Waals surface area contributed by atoms with E-state index in [1.807, 2.05) is 0 Å². The van der Waals surface area contributed by atoms with Crippen LogP contribution < -0.4 is 0 Å². The van der Waals surface area contributed by atoms with Crippen LogP contribution in [0.1, 0.15) is 51.9 Å². The summed E-state index contributed by atoms with van der Waals surface area (Å²) in [5, 5.41) is 18.7. The second kappa shape index (κ2) is 4.97. The van der Waals surface area contributed by atoms with Crippen LogP contribution in [0.3, 0.4) is 0 Å². The lowest BCUT2D eigenvalue weighted by Gasteiger charge is -2.34. The Morgan fingerprint density at radius 3 is 2.38 bits per heavy atom. The number of unbranched alkanes of at least 4 members (excludes halogenated alkanes) is 1. The largest absolute Gasteiger partial charge is 0.393 e. The van der Waals surface area contributed by atoms with Gasteiger partial charge in [0.25, 0.3) is 0 Å². The van der Waals surface area contributed by atoms with Crippen LogP contribution in [-0.2, 0) is 0 Å². The molecule has 2 nitrogen and oxygen atoms in total. The first-order valence-corrected chi connectivity index (χ1v) is 5.53. The Labute approximate surface area is 81.0 Å². The molecule has 0 saturated heterocycles. The average molecular weight is 186 g/mol. The van der Waals surface area contributed by atoms with Gasteiger partial charge < -0.3 is 10.2 Å². The zero-order valence-corrected chi connectivity index (χ0v) is 8.63. The van der Waals surface area contributed by atoms with E-state index in [1.54, 1.807) is 0 Å². The van der Waals surface area contributed by atoms with Crippen molar-refractivity contribution in [3.05, 3.63) is 0 Å². The number of aliphatic hydroxyl groups excluding tert-OH is 1. The Bertz CT molecular complexity index is 137. The molecule has 1 rings (SSSR count). The SMILES string of the molecule is CCCCC1CCC(O)(CO)CC1. The van der Waals surface area contributed by atoms with E-state index in [0.29, 0.717) is 0 Å². The van der Waals surface area contributed by atoms with Crippen molar-refractivity contribution in [1.29, 1.82) is 0 Å². The van der Waals surface area contributed by atoms with Crippen molar-refractivity contribution in [3.63, 3.8) is 0 Å². The molecule has 0 spiro atoms. The maximum absolute atomic E-state index is 9.77. The van der Waals surface area contributed by atoms with Crippen molar-refractivity contribution in [1.82, 2.24) is 0 Å². The highest BCUT2D eigenvalue weighted by Gasteiger charge is 2.31. The summed E-state index contributed by atoms with van der Waals surface area (Å²) in [6.07, 6.45) is 7.64. The van der Waals surface area contributed by atoms with Gasteiger partial charge in [0.05, 0.1) is 12.2 Å². The second-order valence-electron chi connectivity index (χ2n) is 4.47. The van der Waals surface area contributed by atoms with Gasteiger partial charge in [-0.05, 0) is 31.6 Å². The van der Waals surface area contributed by atoms with Crippen LogP contribution in [0.25, 0.3) is 0 Å². The third-order valence-electron chi connectivity index (χ3n) is 3.30. The van der Waals surface area contributed by atoms with Crippen LogP contribution in [0.15, 0.2) is 0 Å². The first-order chi connectivity index (χ1) is 6.20. The molecule has 2 N–H and O–H groups in total. The van der Waals surface area contributed by atoms with E-state index in [2.05, 4.69) is 6.92 Å². The monoisotopic (exact) mass is 186 g/mol. The summed E-state index contributed by atoms with van der Waals surface area (Å²) in [5.41, 5.74) is -0.747. The summed E-state index contributed by atoms with van der Waals surface area (Å²) >= 11 is 0. The van der Waals surface area contributed by atoms with Crippen LogP contribution in [0.5, 0.6) is 0 Å². The van der Waals surface area contributed by atoms with Crippen molar-refractivity contribution in [3.8, 4) is 0 Å². The third-order valence-corrected chi connectivity index (χ3v) is 3.30. The maximum atomic E-state index is 9.77. The fourth-order valence-electron chi connectivity index (χ4n) is 2.15. The molecule has 0 amide bonds. The Hall–Kier alpha value is -0.0800. The lowest BCUT2D eigenvalue weighted by molar-refractivity contribution is -0.0524. The van der Waals surface area contributed by atoms with Gasteiger partial charge >= 0.3 is 0 Å². The molecule has 0 aliphatic heterocycles. The van der Waals surface area contributed by atoms with E-state index in [1.165, 1.54) is 19.3 Å². The number of rotatable bonds is 4. The predicted molar refractivity (Wildman–Crippen MR) is 53.5 cm³/mol. The Morgan fingerprint density at radius 2 is 1.92 bits per heavy atom. The molecule has 1 aliphatic carbocycles. The molecule has 0 aromatic heterocycles. The minimum Gasteiger partial charge on any atom is -0.393 e. The minimum atomic E-state index is -0.747. The molecule has 0 radical (unpaired) electrons. The summed E-state index contributed by atoms with van der Waals surface area (Å²) in [7, 11) is 0. The molecule has 0 atom stereocenters. The topological polar surface area (TPSA) is 40.5 Å². The van der Waals surface area contributed by atoms with Crippen LogP contribution >= 0.6 is 0 Å². The first-order valence-electron chi connectivity index (χ1n) is 5.53. The van der Waals surface area contributed by atoms with E-state index < -0.39 is 5.60 Å². The number of hydrogen-bond donors (Lipinski definition) is 2. The number of aliphatic hydroxyl groups is 2. The van der Waals surface area contributed by atoms with Crippen LogP contribution in [0.2, 0.25) is 0 Å². The smallest absolute Gasteiger partial charge is 0.0877 e. The van der Waals surface area contributed by atoms with Crippen LogP contribution in [-0.4, -0.2) is 22.4 Å². The molecule has 1 saturated carbocycles. The molecule has 0 heterocycles. The Balaban J connectivity index is 2.22. The summed E-state index contributed by atoms with van der Waals surface area (Å²) in [6.45, 7) is 2.15. The van der Waals surface area contributed by atoms with E-state index in [4.69, 9.17) is 5.11 Å². The fourth-order valence-corrected chi connectivity index (χ4v) is 2.15. The van der Waals surface area contributed by atoms with Crippen LogP contribution in [0.4, 0.5) is 0 Å². The van der Waals surface area contributed by atoms with Crippen molar-refractivity contribution in [2.24, 2.45) is 5.92 Å². The van der Waals surface area contributed by atoms with Gasteiger partial charge in [0.1, 0.15) is 0 Å². The van der Waals surface area contributed by atoms with Crippen LogP contribution in [0, 0.1) is 5.92 Å². The van der Waals surface area contributed by atoms with Gasteiger partial charge in [0.15, 0.2) is 0 Å². The molecule has 2 heteroatoms. The summed E-state index contributed by atoms with van der Waals surface area (Å²) in [6, 6.07) is 0. The van der Waals surface area contributed by atoms with Gasteiger partial charge in [0, 0.05) is 0 Å². The van der Waals surface area contributed by atoms with E-state index in [-0.39, 0.29) is 6.61 Å². The van der Waals surface area contributed by atoms with E-state index in [0.717, 1.165) is 31.6 Å². The molecule has 1 aliphatic rings. The van der Waals surface area contributed by atoms with Gasteiger partial charge in [-0.15, -0.1) is 0 Å². The maximum Gasteiger partial charge on any atom is 0.0877 e. The summed E-state index contributed by atoms with van der Waals surface area (Å²) in [5.74, 6) is 0.798. The van der Waals surface area contributed by atoms with Gasteiger partial charge in [-0.25, -0.2) is 0 Å². The molecular weight excluding hydrogens is 164 g/mol. The minimum absolute atomic E-state index is 0.0620. The summed E-state index contributed by atoms with van der Waals surface area (Å²) in [4.78, 5) is 0. The normalized spacial score (nSPS) is 34.8. The van der Waals surface area contributed by atoms with Crippen molar-refractivity contribution in [2.45, 2.75) is 57.5 Å². The average Bonchev–Trinajstić information content (AvgIpc) is 2.17. The van der Waals surface area contributed by atoms with E-state index >= 15 is 0 Å². The lowest BCUT2D eigenvalue weighted by Crippen LogP contribution is -2.37. The third kappa shape index (κ3) is 3.28. The highest BCUT2D eigenvalue weighted by molar-refractivity contribution is 4.84. The van der Waals surface area contributed by atoms with Gasteiger partial charge in [-0.1, -0.05) is 26.2 Å². The van der Waals surface area contributed by atoms with Crippen molar-refractivity contribution in [2.75, 3.05) is 6.61 Å². The van der Waals surface area contributed by atoms with E-state index in [9.17, 15) is 5.11 Å². The Morgan fingerprint density at radius 1 is 1.31 bits per heavy atom.